The second kappa shape index (κ2) is 7.90. The van der Waals surface area contributed by atoms with E-state index in [-0.39, 0.29) is 11.8 Å². The Morgan fingerprint density at radius 2 is 1.72 bits per heavy atom. The lowest BCUT2D eigenvalue weighted by atomic mass is 9.96. The van der Waals surface area contributed by atoms with Crippen molar-refractivity contribution in [2.24, 2.45) is 5.92 Å². The first kappa shape index (κ1) is 20.3. The number of amides is 5. The number of nitrogens with one attached hydrogen (secondary N) is 3. The highest BCUT2D eigenvalue weighted by molar-refractivity contribution is 6.09. The Morgan fingerprint density at radius 3 is 2.28 bits per heavy atom. The zero-order valence-corrected chi connectivity index (χ0v) is 16.1. The molecule has 3 N–H and O–H groups in total. The fourth-order valence-electron chi connectivity index (χ4n) is 3.15. The van der Waals surface area contributed by atoms with Gasteiger partial charge >= 0.3 is 12.0 Å². The van der Waals surface area contributed by atoms with E-state index in [0.29, 0.717) is 11.4 Å². The molecule has 0 aromatic heterocycles. The Kier molecular flexibility index (Phi) is 5.53. The van der Waals surface area contributed by atoms with Gasteiger partial charge in [0.1, 0.15) is 12.1 Å². The summed E-state index contributed by atoms with van der Waals surface area (Å²) >= 11 is 0. The van der Waals surface area contributed by atoms with Gasteiger partial charge in [0.05, 0.1) is 0 Å². The number of hydrogen-bond donors (Lipinski definition) is 3. The zero-order valence-electron chi connectivity index (χ0n) is 16.1. The highest BCUT2D eigenvalue weighted by Crippen LogP contribution is 2.42. The second-order valence-corrected chi connectivity index (χ2v) is 7.27. The molecular formula is C19H22N4O6. The van der Waals surface area contributed by atoms with Crippen LogP contribution in [-0.4, -0.2) is 53.3 Å². The molecule has 5 amide bonds. The molecular weight excluding hydrogens is 380 g/mol. The van der Waals surface area contributed by atoms with Crippen molar-refractivity contribution in [3.63, 3.8) is 0 Å². The lowest BCUT2D eigenvalue weighted by Crippen LogP contribution is -2.46. The van der Waals surface area contributed by atoms with Crippen LogP contribution in [0.25, 0.3) is 0 Å². The minimum Gasteiger partial charge on any atom is -0.454 e. The topological polar surface area (TPSA) is 134 Å². The molecule has 0 radical (unpaired) electrons. The summed E-state index contributed by atoms with van der Waals surface area (Å²) in [7, 11) is 0. The van der Waals surface area contributed by atoms with Crippen molar-refractivity contribution in [3.05, 3.63) is 24.3 Å². The first-order chi connectivity index (χ1) is 13.7. The molecule has 0 unspecified atom stereocenters. The van der Waals surface area contributed by atoms with Gasteiger partial charge < -0.3 is 20.7 Å². The molecule has 0 bridgehead atoms. The molecule has 2 fully saturated rings. The summed E-state index contributed by atoms with van der Waals surface area (Å²) in [4.78, 5) is 60.2. The number of carbonyl (C=O) groups excluding carboxylic acids is 5. The van der Waals surface area contributed by atoms with E-state index in [9.17, 15) is 24.0 Å². The van der Waals surface area contributed by atoms with Gasteiger partial charge in [-0.25, -0.2) is 4.79 Å². The smallest absolute Gasteiger partial charge is 0.326 e. The third-order valence-corrected chi connectivity index (χ3v) is 4.84. The Balaban J connectivity index is 1.45. The number of urea groups is 1. The van der Waals surface area contributed by atoms with E-state index in [1.54, 1.807) is 31.2 Å². The van der Waals surface area contributed by atoms with Crippen molar-refractivity contribution in [3.8, 4) is 0 Å². The quantitative estimate of drug-likeness (QED) is 0.457. The molecule has 1 atom stereocenters. The average Bonchev–Trinajstić information content (AvgIpc) is 3.47. The molecule has 1 aliphatic heterocycles. The van der Waals surface area contributed by atoms with E-state index in [0.717, 1.165) is 17.7 Å². The van der Waals surface area contributed by atoms with Crippen molar-refractivity contribution in [2.45, 2.75) is 32.2 Å². The summed E-state index contributed by atoms with van der Waals surface area (Å²) in [5, 5.41) is 7.77. The molecule has 1 aromatic rings. The van der Waals surface area contributed by atoms with Crippen molar-refractivity contribution >= 4 is 41.1 Å². The standard InChI is InChI=1S/C19H22N4O6/c1-11(24)20-13-5-7-14(8-6-13)21-15(25)10-29-16(26)9-23-17(27)19(2,12-3-4-12)22-18(23)28/h5-8,12H,3-4,9-10H2,1-2H3,(H,20,24)(H,21,25)(H,22,28)/t19-/m0/s1. The van der Waals surface area contributed by atoms with Gasteiger partial charge in [-0.15, -0.1) is 0 Å². The summed E-state index contributed by atoms with van der Waals surface area (Å²) in [5.41, 5.74) is 0.0566. The number of esters is 1. The fraction of sp³-hybridized carbons (Fsp3) is 0.421. The average molecular weight is 402 g/mol. The van der Waals surface area contributed by atoms with Crippen LogP contribution in [0, 0.1) is 5.92 Å². The van der Waals surface area contributed by atoms with Crippen molar-refractivity contribution in [2.75, 3.05) is 23.8 Å². The van der Waals surface area contributed by atoms with Crippen LogP contribution in [0.3, 0.4) is 0 Å². The SMILES string of the molecule is CC(=O)Nc1ccc(NC(=O)COC(=O)CN2C(=O)N[C@@](C)(C3CC3)C2=O)cc1. The molecule has 1 aliphatic carbocycles. The zero-order chi connectivity index (χ0) is 21.2. The van der Waals surface area contributed by atoms with E-state index in [1.165, 1.54) is 6.92 Å². The Bertz CT molecular complexity index is 864. The van der Waals surface area contributed by atoms with Crippen LogP contribution in [0.15, 0.2) is 24.3 Å². The molecule has 1 heterocycles. The number of hydrogen-bond acceptors (Lipinski definition) is 6. The lowest BCUT2D eigenvalue weighted by Gasteiger charge is -2.20. The minimum atomic E-state index is -0.974. The fourth-order valence-corrected chi connectivity index (χ4v) is 3.15. The van der Waals surface area contributed by atoms with Gasteiger partial charge in [0.25, 0.3) is 11.8 Å². The molecule has 154 valence electrons. The molecule has 10 nitrogen and oxygen atoms in total. The Morgan fingerprint density at radius 1 is 1.14 bits per heavy atom. The molecule has 2 aliphatic rings. The predicted molar refractivity (Wildman–Crippen MR) is 102 cm³/mol. The first-order valence-electron chi connectivity index (χ1n) is 9.16. The summed E-state index contributed by atoms with van der Waals surface area (Å²) in [6, 6.07) is 5.74. The number of benzene rings is 1. The molecule has 1 aromatic carbocycles. The number of carbonyl (C=O) groups is 5. The largest absolute Gasteiger partial charge is 0.454 e. The van der Waals surface area contributed by atoms with Gasteiger partial charge in [0, 0.05) is 18.3 Å². The third kappa shape index (κ3) is 4.71. The molecule has 0 spiro atoms. The van der Waals surface area contributed by atoms with Crippen LogP contribution in [0.1, 0.15) is 26.7 Å². The third-order valence-electron chi connectivity index (χ3n) is 4.84. The number of rotatable bonds is 7. The lowest BCUT2D eigenvalue weighted by molar-refractivity contribution is -0.150. The van der Waals surface area contributed by atoms with Crippen LogP contribution in [-0.2, 0) is 23.9 Å². The first-order valence-corrected chi connectivity index (χ1v) is 9.16. The maximum absolute atomic E-state index is 12.5. The van der Waals surface area contributed by atoms with Crippen molar-refractivity contribution < 1.29 is 28.7 Å². The Hall–Kier alpha value is -3.43. The molecule has 1 saturated heterocycles. The maximum Gasteiger partial charge on any atom is 0.326 e. The Labute approximate surface area is 166 Å². The van der Waals surface area contributed by atoms with Gasteiger partial charge in [0.2, 0.25) is 5.91 Å². The van der Waals surface area contributed by atoms with Crippen LogP contribution < -0.4 is 16.0 Å². The van der Waals surface area contributed by atoms with E-state index >= 15 is 0 Å². The van der Waals surface area contributed by atoms with E-state index in [2.05, 4.69) is 16.0 Å². The maximum atomic E-state index is 12.5. The van der Waals surface area contributed by atoms with E-state index in [4.69, 9.17) is 4.74 Å². The van der Waals surface area contributed by atoms with E-state index in [1.807, 2.05) is 0 Å². The summed E-state index contributed by atoms with van der Waals surface area (Å²) < 4.78 is 4.87. The minimum absolute atomic E-state index is 0.0859. The van der Waals surface area contributed by atoms with Crippen LogP contribution in [0.4, 0.5) is 16.2 Å². The number of imide groups is 1. The normalized spacial score (nSPS) is 20.8. The number of nitrogens with zero attached hydrogens (tertiary/aromatic N) is 1. The highest BCUT2D eigenvalue weighted by Gasteiger charge is 2.56. The van der Waals surface area contributed by atoms with Gasteiger partial charge in [-0.3, -0.25) is 24.1 Å². The number of ether oxygens (including phenoxy) is 1. The van der Waals surface area contributed by atoms with Gasteiger partial charge in [-0.1, -0.05) is 0 Å². The highest BCUT2D eigenvalue weighted by atomic mass is 16.5. The summed E-state index contributed by atoms with van der Waals surface area (Å²) in [6.45, 7) is 1.93. The van der Waals surface area contributed by atoms with Crippen LogP contribution in [0.5, 0.6) is 0 Å². The van der Waals surface area contributed by atoms with Gasteiger partial charge in [-0.2, -0.15) is 0 Å². The van der Waals surface area contributed by atoms with Gasteiger partial charge in [0.15, 0.2) is 6.61 Å². The molecule has 3 rings (SSSR count). The number of anilines is 2. The van der Waals surface area contributed by atoms with Crippen molar-refractivity contribution in [1.82, 2.24) is 10.2 Å². The molecule has 29 heavy (non-hydrogen) atoms. The van der Waals surface area contributed by atoms with Crippen molar-refractivity contribution in [1.29, 1.82) is 0 Å². The molecule has 1 saturated carbocycles. The van der Waals surface area contributed by atoms with Gasteiger partial charge in [-0.05, 0) is 49.9 Å². The van der Waals surface area contributed by atoms with E-state index < -0.39 is 42.5 Å². The molecule has 10 heteroatoms. The summed E-state index contributed by atoms with van der Waals surface area (Å²) in [6.07, 6.45) is 1.71. The second-order valence-electron chi connectivity index (χ2n) is 7.27. The summed E-state index contributed by atoms with van der Waals surface area (Å²) in [5.74, 6) is -2.01. The predicted octanol–water partition coefficient (Wildman–Crippen LogP) is 0.847. The van der Waals surface area contributed by atoms with Crippen LogP contribution in [0.2, 0.25) is 0 Å². The monoisotopic (exact) mass is 402 g/mol. The van der Waals surface area contributed by atoms with Crippen LogP contribution >= 0.6 is 0 Å².